The average molecular weight is 229 g/mol. The average Bonchev–Trinajstić information content (AvgIpc) is 2.27. The van der Waals surface area contributed by atoms with Gasteiger partial charge >= 0.3 is 0 Å². The van der Waals surface area contributed by atoms with Crippen LogP contribution in [0.1, 0.15) is 11.1 Å². The molecule has 0 aliphatic rings. The summed E-state index contributed by atoms with van der Waals surface area (Å²) in [4.78, 5) is 0. The van der Waals surface area contributed by atoms with E-state index in [0.717, 1.165) is 0 Å². The summed E-state index contributed by atoms with van der Waals surface area (Å²) in [5.41, 5.74) is 12.3. The third kappa shape index (κ3) is 2.75. The van der Waals surface area contributed by atoms with E-state index in [4.69, 9.17) is 23.2 Å². The van der Waals surface area contributed by atoms with Gasteiger partial charge in [-0.15, -0.1) is 12.4 Å². The molecular formula is C8H13ClN6. The third-order valence-corrected chi connectivity index (χ3v) is 1.76. The molecular weight excluding hydrogens is 216 g/mol. The quantitative estimate of drug-likeness (QED) is 0.230. The SMILES string of the molecule is Cl.NN=C(N)c1ccccc1C(N)=NN. The summed E-state index contributed by atoms with van der Waals surface area (Å²) in [6, 6.07) is 7.06. The second-order valence-corrected chi connectivity index (χ2v) is 2.57. The van der Waals surface area contributed by atoms with Crippen molar-refractivity contribution >= 4 is 24.1 Å². The Labute approximate surface area is 93.4 Å². The molecule has 1 aromatic rings. The lowest BCUT2D eigenvalue weighted by Gasteiger charge is -2.06. The summed E-state index contributed by atoms with van der Waals surface area (Å²) in [5, 5.41) is 6.76. The van der Waals surface area contributed by atoms with Crippen LogP contribution in [0.5, 0.6) is 0 Å². The number of benzene rings is 1. The minimum atomic E-state index is 0. The van der Waals surface area contributed by atoms with Crippen molar-refractivity contribution in [3.05, 3.63) is 35.4 Å². The topological polar surface area (TPSA) is 129 Å². The largest absolute Gasteiger partial charge is 0.382 e. The summed E-state index contributed by atoms with van der Waals surface area (Å²) in [7, 11) is 0. The number of halogens is 1. The van der Waals surface area contributed by atoms with Gasteiger partial charge in [0, 0.05) is 11.1 Å². The maximum Gasteiger partial charge on any atom is 0.151 e. The van der Waals surface area contributed by atoms with Crippen LogP contribution >= 0.6 is 12.4 Å². The maximum absolute atomic E-state index is 5.56. The summed E-state index contributed by atoms with van der Waals surface area (Å²) in [6.07, 6.45) is 0. The molecule has 0 saturated heterocycles. The molecule has 0 saturated carbocycles. The van der Waals surface area contributed by atoms with E-state index in [1.807, 2.05) is 0 Å². The first-order valence-electron chi connectivity index (χ1n) is 3.87. The number of amidine groups is 2. The minimum Gasteiger partial charge on any atom is -0.382 e. The standard InChI is InChI=1S/C8H12N6.ClH/c9-7(13-11)5-3-1-2-4-6(5)8(10)14-12;/h1-4H,11-12H2,(H2,9,13)(H2,10,14);1H. The van der Waals surface area contributed by atoms with Crippen LogP contribution in [0.3, 0.4) is 0 Å². The highest BCUT2D eigenvalue weighted by atomic mass is 35.5. The molecule has 0 bridgehead atoms. The van der Waals surface area contributed by atoms with Crippen LogP contribution in [0.25, 0.3) is 0 Å². The maximum atomic E-state index is 5.56. The first-order chi connectivity index (χ1) is 6.70. The second kappa shape index (κ2) is 5.71. The monoisotopic (exact) mass is 228 g/mol. The molecule has 0 radical (unpaired) electrons. The van der Waals surface area contributed by atoms with Crippen molar-refractivity contribution in [2.24, 2.45) is 33.4 Å². The van der Waals surface area contributed by atoms with Crippen LogP contribution in [0.15, 0.2) is 34.5 Å². The Morgan fingerprint density at radius 3 is 1.47 bits per heavy atom. The Balaban J connectivity index is 0.00000196. The molecule has 1 aromatic carbocycles. The molecule has 0 aliphatic heterocycles. The van der Waals surface area contributed by atoms with Crippen molar-refractivity contribution in [1.82, 2.24) is 0 Å². The highest BCUT2D eigenvalue weighted by Gasteiger charge is 2.08. The zero-order valence-electron chi connectivity index (χ0n) is 7.92. The molecule has 1 rings (SSSR count). The molecule has 7 heteroatoms. The Morgan fingerprint density at radius 2 is 1.20 bits per heavy atom. The molecule has 0 aliphatic carbocycles. The van der Waals surface area contributed by atoms with E-state index in [1.165, 1.54) is 0 Å². The predicted molar refractivity (Wildman–Crippen MR) is 63.5 cm³/mol. The zero-order valence-corrected chi connectivity index (χ0v) is 8.74. The van der Waals surface area contributed by atoms with Gasteiger partial charge in [0.05, 0.1) is 0 Å². The van der Waals surface area contributed by atoms with Gasteiger partial charge in [-0.3, -0.25) is 0 Å². The minimum absolute atomic E-state index is 0. The molecule has 0 unspecified atom stereocenters. The van der Waals surface area contributed by atoms with Gasteiger partial charge in [0.15, 0.2) is 11.7 Å². The van der Waals surface area contributed by atoms with Crippen LogP contribution in [0.4, 0.5) is 0 Å². The molecule has 15 heavy (non-hydrogen) atoms. The van der Waals surface area contributed by atoms with Crippen LogP contribution in [-0.4, -0.2) is 11.7 Å². The Morgan fingerprint density at radius 1 is 0.867 bits per heavy atom. The van der Waals surface area contributed by atoms with Gasteiger partial charge in [-0.1, -0.05) is 24.3 Å². The molecule has 0 heterocycles. The van der Waals surface area contributed by atoms with Crippen LogP contribution in [0.2, 0.25) is 0 Å². The number of rotatable bonds is 2. The van der Waals surface area contributed by atoms with Crippen LogP contribution in [0, 0.1) is 0 Å². The van der Waals surface area contributed by atoms with Gasteiger partial charge in [0.25, 0.3) is 0 Å². The van der Waals surface area contributed by atoms with Crippen molar-refractivity contribution in [1.29, 1.82) is 0 Å². The Bertz CT molecular complexity index is 349. The second-order valence-electron chi connectivity index (χ2n) is 2.57. The lowest BCUT2D eigenvalue weighted by atomic mass is 10.1. The molecule has 0 atom stereocenters. The van der Waals surface area contributed by atoms with E-state index in [9.17, 15) is 0 Å². The number of nitrogens with zero attached hydrogens (tertiary/aromatic N) is 2. The van der Waals surface area contributed by atoms with Crippen molar-refractivity contribution < 1.29 is 0 Å². The van der Waals surface area contributed by atoms with E-state index in [1.54, 1.807) is 24.3 Å². The summed E-state index contributed by atoms with van der Waals surface area (Å²) >= 11 is 0. The van der Waals surface area contributed by atoms with E-state index in [-0.39, 0.29) is 24.1 Å². The first kappa shape index (κ1) is 13.1. The molecule has 82 valence electrons. The summed E-state index contributed by atoms with van der Waals surface area (Å²) in [5.74, 6) is 10.5. The Kier molecular flexibility index (Phi) is 4.97. The summed E-state index contributed by atoms with van der Waals surface area (Å²) in [6.45, 7) is 0. The number of hydrogen-bond acceptors (Lipinski definition) is 4. The van der Waals surface area contributed by atoms with Crippen molar-refractivity contribution in [3.8, 4) is 0 Å². The van der Waals surface area contributed by atoms with Gasteiger partial charge in [0.1, 0.15) is 0 Å². The number of nitrogens with two attached hydrogens (primary N) is 4. The zero-order chi connectivity index (χ0) is 10.6. The van der Waals surface area contributed by atoms with Gasteiger partial charge in [-0.05, 0) is 0 Å². The van der Waals surface area contributed by atoms with Crippen molar-refractivity contribution in [2.75, 3.05) is 0 Å². The van der Waals surface area contributed by atoms with E-state index in [0.29, 0.717) is 11.1 Å². The Hall–Kier alpha value is -1.95. The number of hydrogen-bond donors (Lipinski definition) is 4. The molecule has 0 spiro atoms. The van der Waals surface area contributed by atoms with Gasteiger partial charge in [-0.2, -0.15) is 10.2 Å². The van der Waals surface area contributed by atoms with Crippen LogP contribution < -0.4 is 23.2 Å². The lowest BCUT2D eigenvalue weighted by molar-refractivity contribution is 1.21. The predicted octanol–water partition coefficient (Wildman–Crippen LogP) is -0.734. The molecule has 0 amide bonds. The highest BCUT2D eigenvalue weighted by molar-refractivity contribution is 6.09. The van der Waals surface area contributed by atoms with Crippen LogP contribution in [-0.2, 0) is 0 Å². The van der Waals surface area contributed by atoms with Crippen molar-refractivity contribution in [3.63, 3.8) is 0 Å². The van der Waals surface area contributed by atoms with E-state index < -0.39 is 0 Å². The summed E-state index contributed by atoms with van der Waals surface area (Å²) < 4.78 is 0. The first-order valence-corrected chi connectivity index (χ1v) is 3.87. The van der Waals surface area contributed by atoms with Crippen molar-refractivity contribution in [2.45, 2.75) is 0 Å². The molecule has 0 aromatic heterocycles. The normalized spacial score (nSPS) is 12.0. The van der Waals surface area contributed by atoms with Gasteiger partial charge < -0.3 is 23.2 Å². The van der Waals surface area contributed by atoms with E-state index in [2.05, 4.69) is 10.2 Å². The van der Waals surface area contributed by atoms with Gasteiger partial charge in [0.2, 0.25) is 0 Å². The molecule has 8 N–H and O–H groups in total. The third-order valence-electron chi connectivity index (χ3n) is 1.76. The molecule has 0 fully saturated rings. The molecule has 6 nitrogen and oxygen atoms in total. The number of hydrazone groups is 2. The smallest absolute Gasteiger partial charge is 0.151 e. The highest BCUT2D eigenvalue weighted by Crippen LogP contribution is 2.07. The fourth-order valence-corrected chi connectivity index (χ4v) is 1.07. The van der Waals surface area contributed by atoms with Gasteiger partial charge in [-0.25, -0.2) is 0 Å². The lowest BCUT2D eigenvalue weighted by Crippen LogP contribution is -2.23. The van der Waals surface area contributed by atoms with E-state index >= 15 is 0 Å². The fraction of sp³-hybridized carbons (Fsp3) is 0. The fourth-order valence-electron chi connectivity index (χ4n) is 1.07.